The van der Waals surface area contributed by atoms with Crippen LogP contribution in [0.25, 0.3) is 0 Å². The van der Waals surface area contributed by atoms with Crippen LogP contribution < -0.4 is 10.6 Å². The first kappa shape index (κ1) is 21.7. The molecule has 2 rings (SSSR count). The zero-order valence-electron chi connectivity index (χ0n) is 15.4. The van der Waals surface area contributed by atoms with E-state index in [2.05, 4.69) is 51.7 Å². The molecule has 0 atom stereocenters. The second-order valence-corrected chi connectivity index (χ2v) is 6.19. The van der Waals surface area contributed by atoms with Crippen LogP contribution in [0.4, 0.5) is 0 Å². The lowest BCUT2D eigenvalue weighted by Gasteiger charge is -2.34. The molecule has 0 saturated carbocycles. The van der Waals surface area contributed by atoms with Crippen LogP contribution in [0.15, 0.2) is 29.3 Å². The van der Waals surface area contributed by atoms with E-state index in [0.29, 0.717) is 0 Å². The van der Waals surface area contributed by atoms with Crippen molar-refractivity contribution in [2.24, 2.45) is 4.99 Å². The Hall–Kier alpha value is -1.35. The molecule has 0 unspecified atom stereocenters. The summed E-state index contributed by atoms with van der Waals surface area (Å²) in [5.41, 5.74) is 2.51. The van der Waals surface area contributed by atoms with E-state index in [1.807, 2.05) is 4.90 Å². The molecule has 25 heavy (non-hydrogen) atoms. The molecule has 0 bridgehead atoms. The third-order valence-corrected chi connectivity index (χ3v) is 4.34. The molecular weight excluding hydrogens is 429 g/mol. The minimum Gasteiger partial charge on any atom is -0.355 e. The number of halogens is 1. The molecule has 7 heteroatoms. The first-order valence-corrected chi connectivity index (χ1v) is 8.56. The van der Waals surface area contributed by atoms with Gasteiger partial charge in [0.2, 0.25) is 5.91 Å². The molecule has 0 aliphatic carbocycles. The summed E-state index contributed by atoms with van der Waals surface area (Å²) in [7, 11) is 1.79. The molecule has 1 aromatic carbocycles. The highest BCUT2D eigenvalue weighted by Gasteiger charge is 2.17. The van der Waals surface area contributed by atoms with Crippen LogP contribution in [0.1, 0.15) is 18.1 Å². The second-order valence-electron chi connectivity index (χ2n) is 6.19. The lowest BCUT2D eigenvalue weighted by molar-refractivity contribution is -0.130. The van der Waals surface area contributed by atoms with Gasteiger partial charge in [-0.15, -0.1) is 24.0 Å². The third-order valence-electron chi connectivity index (χ3n) is 4.34. The number of guanidine groups is 1. The predicted molar refractivity (Wildman–Crippen MR) is 113 cm³/mol. The third kappa shape index (κ3) is 7.60. The Morgan fingerprint density at radius 3 is 2.32 bits per heavy atom. The lowest BCUT2D eigenvalue weighted by atomic mass is 10.1. The summed E-state index contributed by atoms with van der Waals surface area (Å²) >= 11 is 0. The Morgan fingerprint density at radius 2 is 1.76 bits per heavy atom. The van der Waals surface area contributed by atoms with Crippen molar-refractivity contribution in [3.63, 3.8) is 0 Å². The molecule has 1 aromatic rings. The number of aryl methyl sites for hydroxylation is 1. The number of amides is 1. The Labute approximate surface area is 168 Å². The van der Waals surface area contributed by atoms with Crippen LogP contribution in [-0.2, 0) is 11.3 Å². The van der Waals surface area contributed by atoms with Crippen LogP contribution in [0, 0.1) is 6.92 Å². The van der Waals surface area contributed by atoms with E-state index in [-0.39, 0.29) is 29.9 Å². The summed E-state index contributed by atoms with van der Waals surface area (Å²) in [6, 6.07) is 8.50. The van der Waals surface area contributed by atoms with E-state index < -0.39 is 0 Å². The average Bonchev–Trinajstić information content (AvgIpc) is 2.59. The summed E-state index contributed by atoms with van der Waals surface area (Å²) in [6.45, 7) is 9.83. The highest BCUT2D eigenvalue weighted by atomic mass is 127. The van der Waals surface area contributed by atoms with Crippen molar-refractivity contribution in [2.45, 2.75) is 20.4 Å². The van der Waals surface area contributed by atoms with Crippen molar-refractivity contribution < 1.29 is 4.79 Å². The number of hydrogen-bond donors (Lipinski definition) is 2. The number of hydrogen-bond acceptors (Lipinski definition) is 3. The first-order valence-electron chi connectivity index (χ1n) is 8.56. The molecule has 1 fully saturated rings. The van der Waals surface area contributed by atoms with Gasteiger partial charge in [0.25, 0.3) is 0 Å². The largest absolute Gasteiger partial charge is 0.355 e. The molecule has 1 amide bonds. The number of rotatable bonds is 5. The molecule has 1 heterocycles. The van der Waals surface area contributed by atoms with Gasteiger partial charge in [-0.3, -0.25) is 14.7 Å². The molecule has 0 spiro atoms. The summed E-state index contributed by atoms with van der Waals surface area (Å²) < 4.78 is 0. The number of aliphatic imine (C=N–C) groups is 1. The zero-order chi connectivity index (χ0) is 17.4. The van der Waals surface area contributed by atoms with E-state index in [4.69, 9.17) is 0 Å². The maximum Gasteiger partial charge on any atom is 0.219 e. The SMILES string of the molecule is CN=C(NCCN1CCN(C(C)=O)CC1)NCc1ccc(C)cc1.I. The van der Waals surface area contributed by atoms with Gasteiger partial charge in [0, 0.05) is 59.8 Å². The predicted octanol–water partition coefficient (Wildman–Crippen LogP) is 1.44. The van der Waals surface area contributed by atoms with Gasteiger partial charge < -0.3 is 15.5 Å². The number of nitrogens with zero attached hydrogens (tertiary/aromatic N) is 3. The van der Waals surface area contributed by atoms with Gasteiger partial charge in [0.1, 0.15) is 0 Å². The van der Waals surface area contributed by atoms with E-state index in [1.165, 1.54) is 11.1 Å². The lowest BCUT2D eigenvalue weighted by Crippen LogP contribution is -2.50. The fraction of sp³-hybridized carbons (Fsp3) is 0.556. The minimum absolute atomic E-state index is 0. The second kappa shape index (κ2) is 11.3. The van der Waals surface area contributed by atoms with Crippen molar-refractivity contribution in [3.8, 4) is 0 Å². The summed E-state index contributed by atoms with van der Waals surface area (Å²) in [5, 5.41) is 6.68. The molecule has 1 aliphatic heterocycles. The molecular formula is C18H30IN5O. The van der Waals surface area contributed by atoms with Gasteiger partial charge in [-0.05, 0) is 12.5 Å². The van der Waals surface area contributed by atoms with Crippen molar-refractivity contribution in [1.82, 2.24) is 20.4 Å². The van der Waals surface area contributed by atoms with Crippen LogP contribution >= 0.6 is 24.0 Å². The van der Waals surface area contributed by atoms with Gasteiger partial charge in [-0.1, -0.05) is 29.8 Å². The van der Waals surface area contributed by atoms with Crippen molar-refractivity contribution in [1.29, 1.82) is 0 Å². The van der Waals surface area contributed by atoms with Gasteiger partial charge in [0.05, 0.1) is 0 Å². The Morgan fingerprint density at radius 1 is 1.12 bits per heavy atom. The highest BCUT2D eigenvalue weighted by molar-refractivity contribution is 14.0. The monoisotopic (exact) mass is 459 g/mol. The topological polar surface area (TPSA) is 60.0 Å². The molecule has 0 aromatic heterocycles. The van der Waals surface area contributed by atoms with Gasteiger partial charge in [-0.2, -0.15) is 0 Å². The Bertz CT molecular complexity index is 553. The van der Waals surface area contributed by atoms with Crippen molar-refractivity contribution >= 4 is 35.8 Å². The number of carbonyl (C=O) groups is 1. The molecule has 1 aliphatic rings. The first-order chi connectivity index (χ1) is 11.6. The normalized spacial score (nSPS) is 15.5. The maximum atomic E-state index is 11.3. The Kier molecular flexibility index (Phi) is 9.81. The maximum absolute atomic E-state index is 11.3. The van der Waals surface area contributed by atoms with Gasteiger partial charge in [0.15, 0.2) is 5.96 Å². The molecule has 6 nitrogen and oxygen atoms in total. The Balaban J connectivity index is 0.00000312. The minimum atomic E-state index is 0. The summed E-state index contributed by atoms with van der Waals surface area (Å²) in [6.07, 6.45) is 0. The van der Waals surface area contributed by atoms with E-state index in [0.717, 1.165) is 51.8 Å². The van der Waals surface area contributed by atoms with Crippen molar-refractivity contribution in [3.05, 3.63) is 35.4 Å². The number of carbonyl (C=O) groups excluding carboxylic acids is 1. The highest BCUT2D eigenvalue weighted by Crippen LogP contribution is 2.02. The quantitative estimate of drug-likeness (QED) is 0.398. The number of piperazine rings is 1. The van der Waals surface area contributed by atoms with Crippen LogP contribution in [0.3, 0.4) is 0 Å². The fourth-order valence-electron chi connectivity index (χ4n) is 2.73. The van der Waals surface area contributed by atoms with E-state index in [9.17, 15) is 4.79 Å². The van der Waals surface area contributed by atoms with Gasteiger partial charge >= 0.3 is 0 Å². The van der Waals surface area contributed by atoms with Crippen LogP contribution in [0.5, 0.6) is 0 Å². The summed E-state index contributed by atoms with van der Waals surface area (Å²) in [5.74, 6) is 0.992. The van der Waals surface area contributed by atoms with Crippen LogP contribution in [0.2, 0.25) is 0 Å². The number of benzene rings is 1. The molecule has 0 radical (unpaired) electrons. The van der Waals surface area contributed by atoms with E-state index in [1.54, 1.807) is 14.0 Å². The zero-order valence-corrected chi connectivity index (χ0v) is 17.7. The standard InChI is InChI=1S/C18H29N5O.HI/c1-15-4-6-17(7-5-15)14-21-18(19-3)20-8-9-22-10-12-23(13-11-22)16(2)24;/h4-7H,8-14H2,1-3H3,(H2,19,20,21);1H. The van der Waals surface area contributed by atoms with E-state index >= 15 is 0 Å². The molecule has 1 saturated heterocycles. The van der Waals surface area contributed by atoms with Gasteiger partial charge in [-0.25, -0.2) is 0 Å². The molecule has 2 N–H and O–H groups in total. The average molecular weight is 459 g/mol. The van der Waals surface area contributed by atoms with Crippen molar-refractivity contribution in [2.75, 3.05) is 46.3 Å². The number of nitrogens with one attached hydrogen (secondary N) is 2. The van der Waals surface area contributed by atoms with Crippen LogP contribution in [-0.4, -0.2) is 68.0 Å². The fourth-order valence-corrected chi connectivity index (χ4v) is 2.73. The smallest absolute Gasteiger partial charge is 0.219 e. The summed E-state index contributed by atoms with van der Waals surface area (Å²) in [4.78, 5) is 19.9. The molecule has 140 valence electrons.